The molecule has 78 valence electrons. The zero-order chi connectivity index (χ0) is 10.4. The highest BCUT2D eigenvalue weighted by Gasteiger charge is 2.08. The van der Waals surface area contributed by atoms with Gasteiger partial charge in [0.1, 0.15) is 0 Å². The first kappa shape index (κ1) is 11.2. The molecular weight excluding hydrogens is 194 g/mol. The molecule has 0 aliphatic heterocycles. The fourth-order valence-electron chi connectivity index (χ4n) is 1.49. The zero-order valence-electron chi connectivity index (χ0n) is 8.58. The van der Waals surface area contributed by atoms with Crippen molar-refractivity contribution >= 4 is 17.2 Å². The molecule has 0 radical (unpaired) electrons. The first-order valence-corrected chi connectivity index (χ1v) is 5.99. The van der Waals surface area contributed by atoms with Gasteiger partial charge < -0.3 is 5.73 Å². The van der Waals surface area contributed by atoms with Gasteiger partial charge in [0.2, 0.25) is 0 Å². The van der Waals surface area contributed by atoms with E-state index in [1.54, 1.807) is 0 Å². The van der Waals surface area contributed by atoms with Crippen molar-refractivity contribution in [3.63, 3.8) is 0 Å². The van der Waals surface area contributed by atoms with Crippen molar-refractivity contribution in [2.75, 3.05) is 0 Å². The molecule has 0 spiro atoms. The van der Waals surface area contributed by atoms with E-state index in [1.165, 1.54) is 30.6 Å². The van der Waals surface area contributed by atoms with Crippen molar-refractivity contribution in [1.29, 1.82) is 0 Å². The lowest BCUT2D eigenvalue weighted by Gasteiger charge is -2.00. The Bertz CT molecular complexity index is 293. The number of nitrogens with two attached hydrogens (primary N) is 1. The van der Waals surface area contributed by atoms with Crippen LogP contribution in [0, 0.1) is 0 Å². The summed E-state index contributed by atoms with van der Waals surface area (Å²) in [5.41, 5.74) is 6.38. The summed E-state index contributed by atoms with van der Waals surface area (Å²) >= 11 is 1.45. The topological polar surface area (TPSA) is 43.1 Å². The predicted octanol–water partition coefficient (Wildman–Crippen LogP) is 2.97. The maximum absolute atomic E-state index is 11.0. The zero-order valence-corrected chi connectivity index (χ0v) is 9.40. The molecule has 0 atom stereocenters. The van der Waals surface area contributed by atoms with E-state index < -0.39 is 0 Å². The van der Waals surface area contributed by atoms with E-state index in [1.807, 2.05) is 11.4 Å². The van der Waals surface area contributed by atoms with Crippen LogP contribution in [-0.4, -0.2) is 5.91 Å². The molecule has 1 amide bonds. The average Bonchev–Trinajstić information content (AvgIpc) is 2.60. The van der Waals surface area contributed by atoms with Crippen molar-refractivity contribution < 1.29 is 4.79 Å². The maximum Gasteiger partial charge on any atom is 0.259 e. The van der Waals surface area contributed by atoms with Crippen LogP contribution < -0.4 is 5.73 Å². The average molecular weight is 211 g/mol. The summed E-state index contributed by atoms with van der Waals surface area (Å²) < 4.78 is 0. The second-order valence-electron chi connectivity index (χ2n) is 3.45. The molecule has 2 N–H and O–H groups in total. The van der Waals surface area contributed by atoms with Crippen LogP contribution >= 0.6 is 11.3 Å². The molecule has 0 saturated heterocycles. The first-order chi connectivity index (χ1) is 6.75. The minimum atomic E-state index is -0.287. The van der Waals surface area contributed by atoms with E-state index in [2.05, 4.69) is 6.92 Å². The summed E-state index contributed by atoms with van der Waals surface area (Å²) in [5, 5.41) is 1.94. The number of carbonyl (C=O) groups excluding carboxylic acids is 1. The number of aryl methyl sites for hydroxylation is 1. The molecule has 0 aliphatic carbocycles. The van der Waals surface area contributed by atoms with Crippen LogP contribution in [0.4, 0.5) is 0 Å². The third-order valence-electron chi connectivity index (χ3n) is 2.27. The lowest BCUT2D eigenvalue weighted by atomic mass is 10.1. The third-order valence-corrected chi connectivity index (χ3v) is 3.24. The van der Waals surface area contributed by atoms with Gasteiger partial charge in [0.15, 0.2) is 0 Å². The molecular formula is C11H17NOS. The number of hydrogen-bond donors (Lipinski definition) is 1. The summed E-state index contributed by atoms with van der Waals surface area (Å²) in [7, 11) is 0. The Morgan fingerprint density at radius 1 is 1.43 bits per heavy atom. The Morgan fingerprint density at radius 3 is 2.86 bits per heavy atom. The monoisotopic (exact) mass is 211 g/mol. The van der Waals surface area contributed by atoms with Crippen molar-refractivity contribution in [3.8, 4) is 0 Å². The van der Waals surface area contributed by atoms with Gasteiger partial charge in [-0.25, -0.2) is 0 Å². The van der Waals surface area contributed by atoms with Gasteiger partial charge in [-0.2, -0.15) is 0 Å². The van der Waals surface area contributed by atoms with Crippen LogP contribution in [0.5, 0.6) is 0 Å². The second-order valence-corrected chi connectivity index (χ2v) is 4.37. The van der Waals surface area contributed by atoms with E-state index in [0.717, 1.165) is 23.3 Å². The molecule has 1 rings (SSSR count). The summed E-state index contributed by atoms with van der Waals surface area (Å²) in [4.78, 5) is 11.7. The highest BCUT2D eigenvalue weighted by atomic mass is 32.1. The molecule has 0 aliphatic rings. The van der Waals surface area contributed by atoms with Gasteiger partial charge in [0.25, 0.3) is 5.91 Å². The quantitative estimate of drug-likeness (QED) is 0.722. The van der Waals surface area contributed by atoms with E-state index in [-0.39, 0.29) is 5.91 Å². The van der Waals surface area contributed by atoms with Gasteiger partial charge in [-0.1, -0.05) is 26.2 Å². The fourth-order valence-corrected chi connectivity index (χ4v) is 2.30. The number of thiophene rings is 1. The first-order valence-electron chi connectivity index (χ1n) is 5.12. The number of carbonyl (C=O) groups is 1. The molecule has 0 bridgehead atoms. The molecule has 14 heavy (non-hydrogen) atoms. The lowest BCUT2D eigenvalue weighted by molar-refractivity contribution is 0.100. The number of primary amides is 1. The van der Waals surface area contributed by atoms with E-state index >= 15 is 0 Å². The van der Waals surface area contributed by atoms with Gasteiger partial charge in [0.05, 0.1) is 4.88 Å². The van der Waals surface area contributed by atoms with Crippen molar-refractivity contribution in [3.05, 3.63) is 21.9 Å². The highest BCUT2D eigenvalue weighted by Crippen LogP contribution is 2.18. The number of amides is 1. The lowest BCUT2D eigenvalue weighted by Crippen LogP contribution is -2.10. The largest absolute Gasteiger partial charge is 0.365 e. The Labute approximate surface area is 89.1 Å². The molecule has 2 nitrogen and oxygen atoms in total. The van der Waals surface area contributed by atoms with Crippen LogP contribution in [0.3, 0.4) is 0 Å². The summed E-state index contributed by atoms with van der Waals surface area (Å²) in [5.74, 6) is -0.287. The van der Waals surface area contributed by atoms with Gasteiger partial charge in [-0.3, -0.25) is 4.79 Å². The molecule has 1 aromatic heterocycles. The van der Waals surface area contributed by atoms with Crippen molar-refractivity contribution in [1.82, 2.24) is 0 Å². The predicted molar refractivity (Wildman–Crippen MR) is 60.7 cm³/mol. The van der Waals surface area contributed by atoms with E-state index in [4.69, 9.17) is 5.73 Å². The van der Waals surface area contributed by atoms with Crippen LogP contribution in [0.2, 0.25) is 0 Å². The Kier molecular flexibility index (Phi) is 4.66. The molecule has 1 heterocycles. The minimum absolute atomic E-state index is 0.287. The van der Waals surface area contributed by atoms with E-state index in [9.17, 15) is 4.79 Å². The second kappa shape index (κ2) is 5.81. The van der Waals surface area contributed by atoms with Crippen LogP contribution in [0.25, 0.3) is 0 Å². The van der Waals surface area contributed by atoms with Gasteiger partial charge in [-0.15, -0.1) is 11.3 Å². The van der Waals surface area contributed by atoms with Crippen LogP contribution in [0.1, 0.15) is 47.8 Å². The van der Waals surface area contributed by atoms with Gasteiger partial charge >= 0.3 is 0 Å². The van der Waals surface area contributed by atoms with Gasteiger partial charge in [0, 0.05) is 0 Å². The van der Waals surface area contributed by atoms with E-state index in [0.29, 0.717) is 0 Å². The fraction of sp³-hybridized carbons (Fsp3) is 0.545. The third kappa shape index (κ3) is 3.14. The summed E-state index contributed by atoms with van der Waals surface area (Å²) in [6, 6.07) is 2.01. The molecule has 3 heteroatoms. The van der Waals surface area contributed by atoms with Crippen LogP contribution in [-0.2, 0) is 6.42 Å². The Balaban J connectivity index is 2.42. The smallest absolute Gasteiger partial charge is 0.259 e. The summed E-state index contributed by atoms with van der Waals surface area (Å²) in [6.45, 7) is 2.19. The highest BCUT2D eigenvalue weighted by molar-refractivity contribution is 7.12. The Morgan fingerprint density at radius 2 is 2.21 bits per heavy atom. The normalized spacial score (nSPS) is 10.4. The molecule has 0 unspecified atom stereocenters. The molecule has 0 aromatic carbocycles. The standard InChI is InChI=1S/C11H17NOS/c1-2-3-4-5-6-9-7-8-14-10(9)11(12)13/h7-8H,2-6H2,1H3,(H2,12,13). The number of rotatable bonds is 6. The molecule has 0 fully saturated rings. The number of hydrogen-bond acceptors (Lipinski definition) is 2. The van der Waals surface area contributed by atoms with Crippen molar-refractivity contribution in [2.45, 2.75) is 39.0 Å². The van der Waals surface area contributed by atoms with Gasteiger partial charge in [-0.05, 0) is 29.9 Å². The summed E-state index contributed by atoms with van der Waals surface area (Å²) in [6.07, 6.45) is 5.90. The Hall–Kier alpha value is -0.830. The maximum atomic E-state index is 11.0. The molecule has 1 aromatic rings. The SMILES string of the molecule is CCCCCCc1ccsc1C(N)=O. The molecule has 0 saturated carbocycles. The van der Waals surface area contributed by atoms with Crippen molar-refractivity contribution in [2.24, 2.45) is 5.73 Å². The number of unbranched alkanes of at least 4 members (excludes halogenated alkanes) is 3. The van der Waals surface area contributed by atoms with Crippen LogP contribution in [0.15, 0.2) is 11.4 Å². The minimum Gasteiger partial charge on any atom is -0.365 e.